The van der Waals surface area contributed by atoms with E-state index in [9.17, 15) is 0 Å². The predicted octanol–water partition coefficient (Wildman–Crippen LogP) is 2.54. The second kappa shape index (κ2) is 4.72. The summed E-state index contributed by atoms with van der Waals surface area (Å²) >= 11 is 0. The van der Waals surface area contributed by atoms with Crippen LogP contribution in [-0.2, 0) is 9.31 Å². The third kappa shape index (κ3) is 2.30. The van der Waals surface area contributed by atoms with Gasteiger partial charge in [-0.2, -0.15) is 0 Å². The highest BCUT2D eigenvalue weighted by Gasteiger charge is 2.51. The zero-order valence-electron chi connectivity index (χ0n) is 13.1. The first-order valence-electron chi connectivity index (χ1n) is 7.12. The van der Waals surface area contributed by atoms with Crippen LogP contribution in [0, 0.1) is 0 Å². The molecule has 110 valence electrons. The maximum absolute atomic E-state index is 6.07. The molecular weight excluding hydrogens is 265 g/mol. The molecule has 21 heavy (non-hydrogen) atoms. The first kappa shape index (κ1) is 14.4. The van der Waals surface area contributed by atoms with Crippen LogP contribution in [-0.4, -0.2) is 30.4 Å². The van der Waals surface area contributed by atoms with Crippen molar-refractivity contribution in [1.82, 2.24) is 4.98 Å². The van der Waals surface area contributed by atoms with Gasteiger partial charge in [-0.15, -0.1) is 0 Å². The summed E-state index contributed by atoms with van der Waals surface area (Å²) in [5.41, 5.74) is 1.10. The molecule has 1 aromatic carbocycles. The molecule has 1 aliphatic rings. The fraction of sp³-hybridized carbons (Fsp3) is 0.438. The number of hydrogen-bond acceptors (Lipinski definition) is 4. The average Bonchev–Trinajstić information content (AvgIpc) is 2.66. The first-order chi connectivity index (χ1) is 9.84. The molecule has 0 spiro atoms. The SMILES string of the molecule is COc1cccc2ncc(B3OC(C)(C)C(C)(C)O3)cc12. The van der Waals surface area contributed by atoms with Crippen LogP contribution in [0.25, 0.3) is 10.9 Å². The number of nitrogens with zero attached hydrogens (tertiary/aromatic N) is 1. The van der Waals surface area contributed by atoms with E-state index in [0.29, 0.717) is 0 Å². The number of ether oxygens (including phenoxy) is 1. The lowest BCUT2D eigenvalue weighted by Gasteiger charge is -2.32. The molecule has 0 aliphatic carbocycles. The van der Waals surface area contributed by atoms with Crippen molar-refractivity contribution in [2.24, 2.45) is 0 Å². The van der Waals surface area contributed by atoms with E-state index in [2.05, 4.69) is 4.98 Å². The fourth-order valence-corrected chi connectivity index (χ4v) is 2.42. The molecule has 0 amide bonds. The highest BCUT2D eigenvalue weighted by molar-refractivity contribution is 6.62. The van der Waals surface area contributed by atoms with Gasteiger partial charge in [-0.3, -0.25) is 4.98 Å². The minimum atomic E-state index is -0.406. The smallest absolute Gasteiger partial charge is 0.496 e. The Morgan fingerprint density at radius 1 is 1.10 bits per heavy atom. The van der Waals surface area contributed by atoms with Gasteiger partial charge in [0.15, 0.2) is 0 Å². The Kier molecular flexibility index (Phi) is 3.22. The Morgan fingerprint density at radius 3 is 2.38 bits per heavy atom. The summed E-state index contributed by atoms with van der Waals surface area (Å²) in [4.78, 5) is 4.49. The van der Waals surface area contributed by atoms with E-state index >= 15 is 0 Å². The van der Waals surface area contributed by atoms with Crippen LogP contribution < -0.4 is 10.2 Å². The highest BCUT2D eigenvalue weighted by atomic mass is 16.7. The summed E-state index contributed by atoms with van der Waals surface area (Å²) in [5.74, 6) is 0.804. The van der Waals surface area contributed by atoms with Crippen molar-refractivity contribution in [3.63, 3.8) is 0 Å². The first-order valence-corrected chi connectivity index (χ1v) is 7.12. The lowest BCUT2D eigenvalue weighted by atomic mass is 9.80. The summed E-state index contributed by atoms with van der Waals surface area (Å²) in [7, 11) is 1.26. The standard InChI is InChI=1S/C16H20BNO3/c1-15(2)16(3,4)21-17(20-15)11-9-12-13(18-10-11)7-6-8-14(12)19-5/h6-10H,1-5H3. The van der Waals surface area contributed by atoms with Gasteiger partial charge in [0, 0.05) is 17.0 Å². The van der Waals surface area contributed by atoms with Crippen LogP contribution in [0.5, 0.6) is 5.75 Å². The average molecular weight is 285 g/mol. The molecule has 0 N–H and O–H groups in total. The Hall–Kier alpha value is -1.59. The number of fused-ring (bicyclic) bond motifs is 1. The van der Waals surface area contributed by atoms with Gasteiger partial charge in [-0.1, -0.05) is 6.07 Å². The van der Waals surface area contributed by atoms with Gasteiger partial charge in [0.2, 0.25) is 0 Å². The molecule has 1 saturated heterocycles. The predicted molar refractivity (Wildman–Crippen MR) is 84.0 cm³/mol. The maximum atomic E-state index is 6.07. The number of rotatable bonds is 2. The number of methoxy groups -OCH3 is 1. The van der Waals surface area contributed by atoms with Gasteiger partial charge in [-0.05, 0) is 45.9 Å². The molecule has 0 saturated carbocycles. The molecule has 4 nitrogen and oxygen atoms in total. The van der Waals surface area contributed by atoms with Crippen LogP contribution in [0.4, 0.5) is 0 Å². The largest absolute Gasteiger partial charge is 0.496 e. The van der Waals surface area contributed by atoms with Crippen molar-refractivity contribution in [1.29, 1.82) is 0 Å². The summed E-state index contributed by atoms with van der Waals surface area (Å²) < 4.78 is 17.5. The van der Waals surface area contributed by atoms with Crippen molar-refractivity contribution < 1.29 is 14.0 Å². The van der Waals surface area contributed by atoms with E-state index < -0.39 is 7.12 Å². The van der Waals surface area contributed by atoms with Crippen molar-refractivity contribution in [2.75, 3.05) is 7.11 Å². The van der Waals surface area contributed by atoms with E-state index in [4.69, 9.17) is 14.0 Å². The lowest BCUT2D eigenvalue weighted by Crippen LogP contribution is -2.41. The zero-order chi connectivity index (χ0) is 15.3. The van der Waals surface area contributed by atoms with Crippen LogP contribution in [0.1, 0.15) is 27.7 Å². The number of hydrogen-bond donors (Lipinski definition) is 0. The molecule has 2 heterocycles. The molecule has 5 heteroatoms. The fourth-order valence-electron chi connectivity index (χ4n) is 2.42. The van der Waals surface area contributed by atoms with Crippen LogP contribution in [0.15, 0.2) is 30.5 Å². The zero-order valence-corrected chi connectivity index (χ0v) is 13.1. The Morgan fingerprint density at radius 2 is 1.76 bits per heavy atom. The van der Waals surface area contributed by atoms with E-state index in [1.807, 2.05) is 58.2 Å². The quantitative estimate of drug-likeness (QED) is 0.795. The number of aromatic nitrogens is 1. The second-order valence-electron chi connectivity index (χ2n) is 6.38. The number of pyridine rings is 1. The van der Waals surface area contributed by atoms with Crippen LogP contribution in [0.3, 0.4) is 0 Å². The molecule has 1 aromatic heterocycles. The molecular formula is C16H20BNO3. The minimum Gasteiger partial charge on any atom is -0.496 e. The van der Waals surface area contributed by atoms with Gasteiger partial charge in [0.05, 0.1) is 23.8 Å². The molecule has 3 rings (SSSR count). The molecule has 0 atom stereocenters. The van der Waals surface area contributed by atoms with E-state index in [1.54, 1.807) is 7.11 Å². The summed E-state index contributed by atoms with van der Waals surface area (Å²) in [6, 6.07) is 7.86. The Bertz CT molecular complexity index is 668. The molecule has 1 fully saturated rings. The molecule has 2 aromatic rings. The Balaban J connectivity index is 2.03. The van der Waals surface area contributed by atoms with Crippen molar-refractivity contribution in [3.8, 4) is 5.75 Å². The lowest BCUT2D eigenvalue weighted by molar-refractivity contribution is 0.00578. The van der Waals surface area contributed by atoms with Gasteiger partial charge < -0.3 is 14.0 Å². The monoisotopic (exact) mass is 285 g/mol. The van der Waals surface area contributed by atoms with Gasteiger partial charge >= 0.3 is 7.12 Å². The van der Waals surface area contributed by atoms with Gasteiger partial charge in [0.25, 0.3) is 0 Å². The highest BCUT2D eigenvalue weighted by Crippen LogP contribution is 2.36. The van der Waals surface area contributed by atoms with E-state index in [-0.39, 0.29) is 11.2 Å². The summed E-state index contributed by atoms with van der Waals surface area (Å²) in [6.45, 7) is 8.17. The molecule has 1 aliphatic heterocycles. The summed E-state index contributed by atoms with van der Waals surface area (Å²) in [5, 5.41) is 0.965. The topological polar surface area (TPSA) is 40.6 Å². The second-order valence-corrected chi connectivity index (χ2v) is 6.38. The summed E-state index contributed by atoms with van der Waals surface area (Å²) in [6.07, 6.45) is 1.81. The Labute approximate surface area is 125 Å². The van der Waals surface area contributed by atoms with E-state index in [1.165, 1.54) is 0 Å². The number of benzene rings is 1. The van der Waals surface area contributed by atoms with Crippen molar-refractivity contribution in [2.45, 2.75) is 38.9 Å². The van der Waals surface area contributed by atoms with Gasteiger partial charge in [-0.25, -0.2) is 0 Å². The molecule has 0 bridgehead atoms. The van der Waals surface area contributed by atoms with Crippen molar-refractivity contribution >= 4 is 23.5 Å². The van der Waals surface area contributed by atoms with E-state index in [0.717, 1.165) is 22.1 Å². The molecule has 0 radical (unpaired) electrons. The van der Waals surface area contributed by atoms with Crippen LogP contribution in [0.2, 0.25) is 0 Å². The third-order valence-corrected chi connectivity index (χ3v) is 4.45. The third-order valence-electron chi connectivity index (χ3n) is 4.45. The maximum Gasteiger partial charge on any atom is 0.496 e. The normalized spacial score (nSPS) is 20.0. The van der Waals surface area contributed by atoms with Crippen molar-refractivity contribution in [3.05, 3.63) is 30.5 Å². The molecule has 0 unspecified atom stereocenters. The van der Waals surface area contributed by atoms with Crippen LogP contribution >= 0.6 is 0 Å². The minimum absolute atomic E-state index is 0.354. The van der Waals surface area contributed by atoms with Gasteiger partial charge in [0.1, 0.15) is 5.75 Å².